The number of halogens is 1. The van der Waals surface area contributed by atoms with Gasteiger partial charge >= 0.3 is 5.97 Å². The van der Waals surface area contributed by atoms with Crippen LogP contribution in [-0.2, 0) is 4.74 Å². The zero-order chi connectivity index (χ0) is 18.8. The van der Waals surface area contributed by atoms with E-state index in [1.807, 2.05) is 38.1 Å². The molecule has 0 radical (unpaired) electrons. The van der Waals surface area contributed by atoms with Crippen molar-refractivity contribution in [3.05, 3.63) is 57.7 Å². The van der Waals surface area contributed by atoms with Crippen LogP contribution in [0.25, 0.3) is 22.0 Å². The molecule has 0 aliphatic rings. The molecular formula is C20H18ClNO3S. The number of H-pyrrole nitrogens is 1. The standard InChI is InChI=1S/C20H18ClNO3S/c1-11(2)25-20(23)18-15-10-13(21)6-9-16(15)22-19(26)17(18)12-4-7-14(24-3)8-5-12/h4-11H,1-3H3,(H,22,26). The van der Waals surface area contributed by atoms with Gasteiger partial charge in [-0.1, -0.05) is 36.0 Å². The third kappa shape index (κ3) is 3.59. The number of aromatic nitrogens is 1. The molecule has 2 aromatic carbocycles. The van der Waals surface area contributed by atoms with Crippen molar-refractivity contribution < 1.29 is 14.3 Å². The molecule has 1 N–H and O–H groups in total. The number of fused-ring (bicyclic) bond motifs is 1. The summed E-state index contributed by atoms with van der Waals surface area (Å²) in [5, 5.41) is 1.20. The van der Waals surface area contributed by atoms with Gasteiger partial charge in [-0.25, -0.2) is 4.79 Å². The number of aromatic amines is 1. The molecule has 0 spiro atoms. The number of carbonyl (C=O) groups excluding carboxylic acids is 1. The van der Waals surface area contributed by atoms with Gasteiger partial charge in [0.1, 0.15) is 10.4 Å². The third-order valence-electron chi connectivity index (χ3n) is 3.90. The van der Waals surface area contributed by atoms with Crippen LogP contribution in [0.3, 0.4) is 0 Å². The largest absolute Gasteiger partial charge is 0.497 e. The average molecular weight is 388 g/mol. The van der Waals surface area contributed by atoms with Gasteiger partial charge in [-0.15, -0.1) is 0 Å². The second-order valence-corrected chi connectivity index (χ2v) is 6.92. The number of methoxy groups -OCH3 is 1. The minimum absolute atomic E-state index is 0.252. The Balaban J connectivity index is 2.34. The molecule has 0 saturated carbocycles. The Morgan fingerprint density at radius 1 is 1.15 bits per heavy atom. The quantitative estimate of drug-likeness (QED) is 0.454. The third-order valence-corrected chi connectivity index (χ3v) is 4.44. The molecule has 3 aromatic rings. The summed E-state index contributed by atoms with van der Waals surface area (Å²) in [7, 11) is 1.60. The number of benzene rings is 2. The minimum Gasteiger partial charge on any atom is -0.497 e. The van der Waals surface area contributed by atoms with E-state index < -0.39 is 5.97 Å². The highest BCUT2D eigenvalue weighted by Crippen LogP contribution is 2.33. The lowest BCUT2D eigenvalue weighted by molar-refractivity contribution is 0.0381. The number of hydrogen-bond donors (Lipinski definition) is 1. The lowest BCUT2D eigenvalue weighted by Gasteiger charge is -2.15. The van der Waals surface area contributed by atoms with Crippen molar-refractivity contribution in [3.8, 4) is 16.9 Å². The summed E-state index contributed by atoms with van der Waals surface area (Å²) in [5.41, 5.74) is 2.55. The summed E-state index contributed by atoms with van der Waals surface area (Å²) in [6.07, 6.45) is -0.252. The van der Waals surface area contributed by atoms with Crippen molar-refractivity contribution >= 4 is 40.7 Å². The first-order valence-electron chi connectivity index (χ1n) is 8.11. The molecule has 3 rings (SSSR count). The maximum absolute atomic E-state index is 12.9. The first kappa shape index (κ1) is 18.4. The fraction of sp³-hybridized carbons (Fsp3) is 0.200. The van der Waals surface area contributed by atoms with E-state index in [1.54, 1.807) is 25.3 Å². The van der Waals surface area contributed by atoms with E-state index >= 15 is 0 Å². The first-order chi connectivity index (χ1) is 12.4. The Bertz CT molecular complexity index is 1030. The van der Waals surface area contributed by atoms with E-state index in [0.29, 0.717) is 26.2 Å². The average Bonchev–Trinajstić information content (AvgIpc) is 2.60. The van der Waals surface area contributed by atoms with Gasteiger partial charge in [0.05, 0.1) is 18.8 Å². The smallest absolute Gasteiger partial charge is 0.339 e. The summed E-state index contributed by atoms with van der Waals surface area (Å²) in [6, 6.07) is 12.7. The lowest BCUT2D eigenvalue weighted by atomic mass is 9.97. The van der Waals surface area contributed by atoms with Gasteiger partial charge in [-0.2, -0.15) is 0 Å². The topological polar surface area (TPSA) is 51.3 Å². The Labute approximate surface area is 161 Å². The van der Waals surface area contributed by atoms with Crippen molar-refractivity contribution in [1.82, 2.24) is 4.98 Å². The summed E-state index contributed by atoms with van der Waals surface area (Å²) >= 11 is 11.7. The molecule has 0 amide bonds. The van der Waals surface area contributed by atoms with Crippen molar-refractivity contribution in [2.45, 2.75) is 20.0 Å². The first-order valence-corrected chi connectivity index (χ1v) is 8.90. The van der Waals surface area contributed by atoms with Crippen LogP contribution in [-0.4, -0.2) is 24.2 Å². The van der Waals surface area contributed by atoms with Gasteiger partial charge in [-0.05, 0) is 49.7 Å². The van der Waals surface area contributed by atoms with E-state index in [9.17, 15) is 4.79 Å². The fourth-order valence-corrected chi connectivity index (χ4v) is 3.29. The van der Waals surface area contributed by atoms with Crippen molar-refractivity contribution in [2.24, 2.45) is 0 Å². The molecule has 6 heteroatoms. The molecule has 0 unspecified atom stereocenters. The predicted octanol–water partition coefficient (Wildman–Crippen LogP) is 5.79. The van der Waals surface area contributed by atoms with Crippen LogP contribution in [0.2, 0.25) is 5.02 Å². The number of nitrogens with one attached hydrogen (secondary N) is 1. The predicted molar refractivity (Wildman–Crippen MR) is 107 cm³/mol. The lowest BCUT2D eigenvalue weighted by Crippen LogP contribution is -2.14. The maximum atomic E-state index is 12.9. The molecule has 134 valence electrons. The molecule has 0 aliphatic carbocycles. The van der Waals surface area contributed by atoms with E-state index in [1.165, 1.54) is 0 Å². The van der Waals surface area contributed by atoms with E-state index in [2.05, 4.69) is 4.98 Å². The summed E-state index contributed by atoms with van der Waals surface area (Å²) in [6.45, 7) is 3.62. The Kier molecular flexibility index (Phi) is 5.30. The molecular weight excluding hydrogens is 370 g/mol. The summed E-state index contributed by atoms with van der Waals surface area (Å²) in [5.74, 6) is 0.289. The molecule has 0 saturated heterocycles. The van der Waals surface area contributed by atoms with Crippen LogP contribution >= 0.6 is 23.8 Å². The van der Waals surface area contributed by atoms with Crippen LogP contribution in [0, 0.1) is 4.64 Å². The molecule has 26 heavy (non-hydrogen) atoms. The SMILES string of the molecule is COc1ccc(-c2c(C(=O)OC(C)C)c3cc(Cl)ccc3[nH]c2=S)cc1. The van der Waals surface area contributed by atoms with Gasteiger partial charge in [0, 0.05) is 21.5 Å². The van der Waals surface area contributed by atoms with Crippen LogP contribution in [0.4, 0.5) is 0 Å². The molecule has 4 nitrogen and oxygen atoms in total. The van der Waals surface area contributed by atoms with Gasteiger partial charge in [-0.3, -0.25) is 0 Å². The number of pyridine rings is 1. The van der Waals surface area contributed by atoms with Crippen LogP contribution in [0.1, 0.15) is 24.2 Å². The zero-order valence-corrected chi connectivity index (χ0v) is 16.2. The highest BCUT2D eigenvalue weighted by Gasteiger charge is 2.21. The van der Waals surface area contributed by atoms with E-state index in [-0.39, 0.29) is 6.10 Å². The van der Waals surface area contributed by atoms with Gasteiger partial charge < -0.3 is 14.5 Å². The van der Waals surface area contributed by atoms with Crippen molar-refractivity contribution in [1.29, 1.82) is 0 Å². The van der Waals surface area contributed by atoms with Gasteiger partial charge in [0.15, 0.2) is 0 Å². The van der Waals surface area contributed by atoms with Crippen LogP contribution < -0.4 is 4.74 Å². The highest BCUT2D eigenvalue weighted by molar-refractivity contribution is 7.71. The number of carbonyl (C=O) groups is 1. The maximum Gasteiger partial charge on any atom is 0.339 e. The molecule has 0 fully saturated rings. The minimum atomic E-state index is -0.432. The van der Waals surface area contributed by atoms with Gasteiger partial charge in [0.2, 0.25) is 0 Å². The second-order valence-electron chi connectivity index (χ2n) is 6.08. The molecule has 1 aromatic heterocycles. The number of esters is 1. The second kappa shape index (κ2) is 7.48. The Hall–Kier alpha value is -2.37. The molecule has 0 atom stereocenters. The number of hydrogen-bond acceptors (Lipinski definition) is 4. The summed E-state index contributed by atoms with van der Waals surface area (Å²) < 4.78 is 11.1. The molecule has 0 aliphatic heterocycles. The van der Waals surface area contributed by atoms with Crippen LogP contribution in [0.5, 0.6) is 5.75 Å². The van der Waals surface area contributed by atoms with Crippen LogP contribution in [0.15, 0.2) is 42.5 Å². The normalized spacial score (nSPS) is 11.0. The van der Waals surface area contributed by atoms with Crippen molar-refractivity contribution in [3.63, 3.8) is 0 Å². The summed E-state index contributed by atoms with van der Waals surface area (Å²) in [4.78, 5) is 16.1. The Morgan fingerprint density at radius 3 is 2.46 bits per heavy atom. The van der Waals surface area contributed by atoms with Gasteiger partial charge in [0.25, 0.3) is 0 Å². The number of ether oxygens (including phenoxy) is 2. The zero-order valence-electron chi connectivity index (χ0n) is 14.6. The molecule has 0 bridgehead atoms. The van der Waals surface area contributed by atoms with E-state index in [4.69, 9.17) is 33.3 Å². The number of rotatable bonds is 4. The Morgan fingerprint density at radius 2 is 1.85 bits per heavy atom. The molecule has 1 heterocycles. The monoisotopic (exact) mass is 387 g/mol. The fourth-order valence-electron chi connectivity index (χ4n) is 2.78. The highest BCUT2D eigenvalue weighted by atomic mass is 35.5. The van der Waals surface area contributed by atoms with Crippen molar-refractivity contribution in [2.75, 3.05) is 7.11 Å². The van der Waals surface area contributed by atoms with E-state index in [0.717, 1.165) is 16.8 Å².